The smallest absolute Gasteiger partial charge is 0.416 e. The van der Waals surface area contributed by atoms with Gasteiger partial charge in [-0.3, -0.25) is 4.57 Å². The number of aromatic carboxylic acids is 2. The van der Waals surface area contributed by atoms with E-state index in [0.29, 0.717) is 18.8 Å². The largest absolute Gasteiger partial charge is 0.478 e. The second-order valence-corrected chi connectivity index (χ2v) is 11.8. The van der Waals surface area contributed by atoms with E-state index in [4.69, 9.17) is 18.4 Å². The van der Waals surface area contributed by atoms with Gasteiger partial charge in [-0.15, -0.1) is 15.3 Å². The number of azo groups is 2. The third-order valence-electron chi connectivity index (χ3n) is 7.69. The van der Waals surface area contributed by atoms with Crippen molar-refractivity contribution < 1.29 is 36.3 Å². The number of aromatic nitrogens is 4. The summed E-state index contributed by atoms with van der Waals surface area (Å²) in [5, 5.41) is 53.5. The molecule has 0 fully saturated rings. The summed E-state index contributed by atoms with van der Waals surface area (Å²) in [7, 11) is 7.23. The molecule has 0 atom stereocenters. The van der Waals surface area contributed by atoms with Gasteiger partial charge in [0.2, 0.25) is 0 Å². The molecular weight excluding hydrogens is 751 g/mol. The Bertz CT molecular complexity index is 2090. The van der Waals surface area contributed by atoms with E-state index in [-0.39, 0.29) is 73.9 Å². The quantitative estimate of drug-likeness (QED) is 0.0703. The summed E-state index contributed by atoms with van der Waals surface area (Å²) in [6.45, 7) is 19.4. The normalized spacial score (nSPS) is 10.4. The third kappa shape index (κ3) is 11.0. The number of rotatable bonds is 14. The van der Waals surface area contributed by atoms with Gasteiger partial charge in [0.25, 0.3) is 17.6 Å². The minimum atomic E-state index is -1.13. The van der Waals surface area contributed by atoms with E-state index in [9.17, 15) is 25.1 Å². The average Bonchev–Trinajstić information content (AvgIpc) is 3.70. The van der Waals surface area contributed by atoms with Gasteiger partial charge in [-0.1, -0.05) is 49.9 Å². The first-order valence-corrected chi connectivity index (χ1v) is 16.5. The monoisotopic (exact) mass is 788 g/mol. The van der Waals surface area contributed by atoms with Crippen molar-refractivity contribution in [1.29, 1.82) is 10.5 Å². The Morgan fingerprint density at radius 1 is 0.764 bits per heavy atom. The number of imidazole rings is 2. The van der Waals surface area contributed by atoms with E-state index in [0.717, 1.165) is 31.4 Å². The number of unbranched alkanes of at least 4 members (excludes halogenated alkanes) is 2. The first-order valence-electron chi connectivity index (χ1n) is 16.5. The van der Waals surface area contributed by atoms with E-state index in [1.807, 2.05) is 40.1 Å². The molecule has 0 aliphatic heterocycles. The van der Waals surface area contributed by atoms with Crippen LogP contribution in [0.4, 0.5) is 46.3 Å². The zero-order chi connectivity index (χ0) is 39.9. The van der Waals surface area contributed by atoms with Crippen molar-refractivity contribution >= 4 is 58.2 Å². The molecule has 18 nitrogen and oxygen atoms in total. The molecule has 0 radical (unpaired) electrons. The van der Waals surface area contributed by atoms with Crippen molar-refractivity contribution in [1.82, 2.24) is 19.1 Å². The zero-order valence-electron chi connectivity index (χ0n) is 31.0. The molecule has 2 aromatic carbocycles. The zero-order valence-corrected chi connectivity index (χ0v) is 32.0. The molecule has 0 saturated heterocycles. The molecule has 0 unspecified atom stereocenters. The number of carboxylic acid groups (broad SMARTS) is 2. The fraction of sp³-hybridized carbons (Fsp3) is 0.333. The van der Waals surface area contributed by atoms with Crippen LogP contribution in [0.2, 0.25) is 0 Å². The first-order chi connectivity index (χ1) is 25.8. The molecule has 4 rings (SSSR count). The Balaban J connectivity index is 0.000000373. The van der Waals surface area contributed by atoms with E-state index in [2.05, 4.69) is 40.1 Å². The molecular formula is C36H38N14NiO4. The van der Waals surface area contributed by atoms with Gasteiger partial charge in [0.15, 0.2) is 11.4 Å². The van der Waals surface area contributed by atoms with Crippen molar-refractivity contribution in [2.75, 3.05) is 38.0 Å². The summed E-state index contributed by atoms with van der Waals surface area (Å²) in [6, 6.07) is 13.4. The van der Waals surface area contributed by atoms with Crippen LogP contribution in [0, 0.1) is 35.8 Å². The number of carboxylic acids is 2. The number of nitriles is 2. The van der Waals surface area contributed by atoms with Crippen LogP contribution < -0.4 is 9.80 Å². The average molecular weight is 789 g/mol. The van der Waals surface area contributed by atoms with E-state index >= 15 is 0 Å². The van der Waals surface area contributed by atoms with Gasteiger partial charge in [0.1, 0.15) is 23.5 Å². The number of hydrogen-bond acceptors (Lipinski definition) is 12. The Labute approximate surface area is 328 Å². The Hall–Kier alpha value is -6.95. The molecule has 0 aliphatic carbocycles. The van der Waals surface area contributed by atoms with Crippen molar-refractivity contribution in [2.45, 2.75) is 52.6 Å². The van der Waals surface area contributed by atoms with E-state index in [1.165, 1.54) is 16.7 Å². The summed E-state index contributed by atoms with van der Waals surface area (Å²) in [6.07, 6.45) is 3.35. The van der Waals surface area contributed by atoms with Gasteiger partial charge >= 0.3 is 17.9 Å². The molecule has 0 amide bonds. The number of carbonyl (C=O) groups is 2. The summed E-state index contributed by atoms with van der Waals surface area (Å²) in [5.41, 5.74) is 1.88. The van der Waals surface area contributed by atoms with Crippen LogP contribution in [0.25, 0.3) is 9.69 Å². The molecule has 0 aliphatic rings. The van der Waals surface area contributed by atoms with Crippen LogP contribution in [-0.2, 0) is 29.6 Å². The van der Waals surface area contributed by atoms with Gasteiger partial charge in [0.05, 0.1) is 17.7 Å². The second-order valence-electron chi connectivity index (χ2n) is 11.8. The summed E-state index contributed by atoms with van der Waals surface area (Å²) in [4.78, 5) is 41.4. The molecule has 2 heterocycles. The van der Waals surface area contributed by atoms with Crippen molar-refractivity contribution in [3.05, 3.63) is 81.7 Å². The van der Waals surface area contributed by atoms with Crippen LogP contribution in [0.1, 0.15) is 71.6 Å². The molecule has 55 heavy (non-hydrogen) atoms. The molecule has 286 valence electrons. The van der Waals surface area contributed by atoms with E-state index < -0.39 is 11.9 Å². The molecule has 2 aromatic heterocycles. The predicted octanol–water partition coefficient (Wildman–Crippen LogP) is 8.57. The Morgan fingerprint density at radius 3 is 1.62 bits per heavy atom. The van der Waals surface area contributed by atoms with Crippen LogP contribution in [0.5, 0.6) is 0 Å². The van der Waals surface area contributed by atoms with Crippen LogP contribution in [0.3, 0.4) is 0 Å². The minimum absolute atomic E-state index is 0. The molecule has 4 aromatic rings. The fourth-order valence-electron chi connectivity index (χ4n) is 4.76. The van der Waals surface area contributed by atoms with Gasteiger partial charge in [-0.05, 0) is 49.2 Å². The first kappa shape index (κ1) is 44.2. The van der Waals surface area contributed by atoms with E-state index in [1.54, 1.807) is 52.7 Å². The predicted molar refractivity (Wildman–Crippen MR) is 200 cm³/mol. The number of nitrogens with zero attached hydrogens (tertiary/aromatic N) is 14. The maximum absolute atomic E-state index is 11.5. The van der Waals surface area contributed by atoms with Crippen LogP contribution in [-0.4, -0.2) is 69.4 Å². The van der Waals surface area contributed by atoms with Crippen molar-refractivity contribution in [3.63, 3.8) is 0 Å². The maximum Gasteiger partial charge on any atom is 0.416 e. The van der Waals surface area contributed by atoms with Gasteiger partial charge in [-0.2, -0.15) is 15.5 Å². The van der Waals surface area contributed by atoms with Gasteiger partial charge in [-0.25, -0.2) is 14.2 Å². The number of hydrogen-bond donors (Lipinski definition) is 2. The second kappa shape index (κ2) is 20.9. The standard InChI is InChI=1S/2C18H19N7O2.Ni/c1-6-7-10-25-16(20-3)15(19-2)21-18(25)23-22-14-9-8-12(24(4)5)11-13(14)17(26)27;1-4-5-8-25-16(11-20)15(10-19)21-18(25)23-22-14-7-6-12(24(2)3)9-13(14)17(26)27;/h8-9,11H,6-7,10H2,1,4-5H3,(H,26,27);6-7,9H,4-5,8H2,1-3H3,(H,26,27);. The SMILES string of the molecule is CCCCn1c(N=Nc2ccc(N(C)C)cc2C(=O)O)nc(C#N)c1C#N.[C-]#[N+]c1nc(N=Nc2ccc(N(C)C)cc2C(=O)O)n(CCCC)c1[N+]#[C-].[Ni]. The topological polar surface area (TPSA) is 222 Å². The molecule has 0 saturated carbocycles. The Kier molecular flexibility index (Phi) is 16.8. The maximum atomic E-state index is 11.5. The summed E-state index contributed by atoms with van der Waals surface area (Å²) in [5.74, 6) is -1.94. The summed E-state index contributed by atoms with van der Waals surface area (Å²) >= 11 is 0. The fourth-order valence-corrected chi connectivity index (χ4v) is 4.76. The molecule has 2 N–H and O–H groups in total. The summed E-state index contributed by atoms with van der Waals surface area (Å²) < 4.78 is 3.07. The third-order valence-corrected chi connectivity index (χ3v) is 7.69. The van der Waals surface area contributed by atoms with Gasteiger partial charge in [0, 0.05) is 62.6 Å². The van der Waals surface area contributed by atoms with Crippen molar-refractivity contribution in [2.24, 2.45) is 20.5 Å². The molecule has 0 bridgehead atoms. The number of benzene rings is 2. The molecule has 19 heteroatoms. The van der Waals surface area contributed by atoms with Crippen LogP contribution >= 0.6 is 0 Å². The molecule has 0 spiro atoms. The number of anilines is 2. The Morgan fingerprint density at radius 2 is 1.24 bits per heavy atom. The minimum Gasteiger partial charge on any atom is -0.478 e. The van der Waals surface area contributed by atoms with Gasteiger partial charge < -0.3 is 29.7 Å². The van der Waals surface area contributed by atoms with Crippen LogP contribution in [0.15, 0.2) is 56.9 Å². The van der Waals surface area contributed by atoms with Crippen molar-refractivity contribution in [3.8, 4) is 12.1 Å².